The van der Waals surface area contributed by atoms with E-state index in [2.05, 4.69) is 11.2 Å². The Morgan fingerprint density at radius 3 is 2.40 bits per heavy atom. The van der Waals surface area contributed by atoms with Crippen LogP contribution >= 0.6 is 0 Å². The third-order valence-corrected chi connectivity index (χ3v) is 3.93. The average molecular weight is 332 g/mol. The van der Waals surface area contributed by atoms with Crippen LogP contribution in [0.1, 0.15) is 36.7 Å². The molecule has 0 aliphatic carbocycles. The summed E-state index contributed by atoms with van der Waals surface area (Å²) in [5.74, 6) is 0.914. The van der Waals surface area contributed by atoms with E-state index in [4.69, 9.17) is 10.5 Å². The SMILES string of the molecule is CC(C)c1nn(-c2ccc(OCc3ccccc3)cc2)c(C#N)c1N. The van der Waals surface area contributed by atoms with Gasteiger partial charge in [-0.3, -0.25) is 0 Å². The first-order valence-corrected chi connectivity index (χ1v) is 8.15. The van der Waals surface area contributed by atoms with Crippen molar-refractivity contribution in [2.45, 2.75) is 26.4 Å². The minimum absolute atomic E-state index is 0.154. The molecule has 0 amide bonds. The molecular formula is C20H20N4O. The van der Waals surface area contributed by atoms with Crippen LogP contribution in [-0.2, 0) is 6.61 Å². The molecule has 1 aromatic heterocycles. The molecule has 3 rings (SSSR count). The summed E-state index contributed by atoms with van der Waals surface area (Å²) in [4.78, 5) is 0. The number of anilines is 1. The van der Waals surface area contributed by atoms with Crippen LogP contribution in [0.2, 0.25) is 0 Å². The zero-order valence-corrected chi connectivity index (χ0v) is 14.3. The van der Waals surface area contributed by atoms with E-state index in [1.54, 1.807) is 4.68 Å². The molecule has 0 fully saturated rings. The van der Waals surface area contributed by atoms with Crippen LogP contribution in [0.25, 0.3) is 5.69 Å². The monoisotopic (exact) mass is 332 g/mol. The Balaban J connectivity index is 1.81. The van der Waals surface area contributed by atoms with Crippen LogP contribution in [0.5, 0.6) is 5.75 Å². The van der Waals surface area contributed by atoms with Gasteiger partial charge in [0.05, 0.1) is 17.1 Å². The van der Waals surface area contributed by atoms with E-state index in [1.807, 2.05) is 68.4 Å². The van der Waals surface area contributed by atoms with Crippen molar-refractivity contribution in [1.29, 1.82) is 5.26 Å². The Kier molecular flexibility index (Phi) is 4.71. The van der Waals surface area contributed by atoms with Crippen molar-refractivity contribution >= 4 is 5.69 Å². The van der Waals surface area contributed by atoms with Crippen molar-refractivity contribution in [2.24, 2.45) is 0 Å². The lowest BCUT2D eigenvalue weighted by atomic mass is 10.1. The third kappa shape index (κ3) is 3.48. The molecule has 25 heavy (non-hydrogen) atoms. The fourth-order valence-electron chi connectivity index (χ4n) is 2.59. The maximum absolute atomic E-state index is 9.41. The fraction of sp³-hybridized carbons (Fsp3) is 0.200. The first-order valence-electron chi connectivity index (χ1n) is 8.15. The molecule has 0 aliphatic rings. The van der Waals surface area contributed by atoms with E-state index in [0.717, 1.165) is 22.7 Å². The van der Waals surface area contributed by atoms with Crippen LogP contribution in [-0.4, -0.2) is 9.78 Å². The molecule has 126 valence electrons. The molecule has 0 atom stereocenters. The zero-order chi connectivity index (χ0) is 17.8. The lowest BCUT2D eigenvalue weighted by molar-refractivity contribution is 0.306. The number of nitrogens with zero attached hydrogens (tertiary/aromatic N) is 3. The van der Waals surface area contributed by atoms with Crippen LogP contribution in [0.4, 0.5) is 5.69 Å². The highest BCUT2D eigenvalue weighted by molar-refractivity contribution is 5.58. The smallest absolute Gasteiger partial charge is 0.167 e. The van der Waals surface area contributed by atoms with E-state index in [0.29, 0.717) is 18.0 Å². The van der Waals surface area contributed by atoms with Gasteiger partial charge in [0.25, 0.3) is 0 Å². The van der Waals surface area contributed by atoms with Crippen LogP contribution in [0.15, 0.2) is 54.6 Å². The number of nitrogens with two attached hydrogens (primary N) is 1. The van der Waals surface area contributed by atoms with Crippen molar-refractivity contribution in [3.8, 4) is 17.5 Å². The Labute approximate surface area is 147 Å². The van der Waals surface area contributed by atoms with E-state index < -0.39 is 0 Å². The molecule has 0 saturated heterocycles. The predicted octanol–water partition coefficient (Wildman–Crippen LogP) is 4.03. The number of hydrogen-bond acceptors (Lipinski definition) is 4. The number of nitrogen functional groups attached to an aromatic ring is 1. The molecule has 5 nitrogen and oxygen atoms in total. The second-order valence-electron chi connectivity index (χ2n) is 6.09. The Hall–Kier alpha value is -3.26. The lowest BCUT2D eigenvalue weighted by Crippen LogP contribution is -2.01. The van der Waals surface area contributed by atoms with Crippen LogP contribution in [0.3, 0.4) is 0 Å². The van der Waals surface area contributed by atoms with Crippen LogP contribution < -0.4 is 10.5 Å². The summed E-state index contributed by atoms with van der Waals surface area (Å²) < 4.78 is 7.38. The second-order valence-corrected chi connectivity index (χ2v) is 6.09. The van der Waals surface area contributed by atoms with E-state index in [9.17, 15) is 5.26 Å². The standard InChI is InChI=1S/C20H20N4O/c1-14(2)20-19(22)18(12-21)24(23-20)16-8-10-17(11-9-16)25-13-15-6-4-3-5-7-15/h3-11,14H,13,22H2,1-2H3. The largest absolute Gasteiger partial charge is 0.489 e. The molecule has 5 heteroatoms. The Bertz CT molecular complexity index is 890. The van der Waals surface area contributed by atoms with Crippen molar-refractivity contribution in [3.05, 3.63) is 71.5 Å². The lowest BCUT2D eigenvalue weighted by Gasteiger charge is -2.08. The summed E-state index contributed by atoms with van der Waals surface area (Å²) in [6.07, 6.45) is 0. The molecule has 1 heterocycles. The molecular weight excluding hydrogens is 312 g/mol. The van der Waals surface area contributed by atoms with Gasteiger partial charge in [-0.05, 0) is 35.7 Å². The number of ether oxygens (including phenoxy) is 1. The van der Waals surface area contributed by atoms with Gasteiger partial charge in [0.1, 0.15) is 18.4 Å². The van der Waals surface area contributed by atoms with Gasteiger partial charge < -0.3 is 10.5 Å². The quantitative estimate of drug-likeness (QED) is 0.765. The number of aromatic nitrogens is 2. The van der Waals surface area contributed by atoms with Crippen molar-refractivity contribution in [1.82, 2.24) is 9.78 Å². The molecule has 3 aromatic rings. The molecule has 0 bridgehead atoms. The van der Waals surface area contributed by atoms with Crippen molar-refractivity contribution in [2.75, 3.05) is 5.73 Å². The first-order chi connectivity index (χ1) is 12.1. The number of nitriles is 1. The topological polar surface area (TPSA) is 76.9 Å². The predicted molar refractivity (Wildman–Crippen MR) is 97.6 cm³/mol. The van der Waals surface area contributed by atoms with Gasteiger partial charge in [0, 0.05) is 0 Å². The summed E-state index contributed by atoms with van der Waals surface area (Å²) in [7, 11) is 0. The maximum Gasteiger partial charge on any atom is 0.167 e. The maximum atomic E-state index is 9.41. The van der Waals surface area contributed by atoms with Gasteiger partial charge >= 0.3 is 0 Å². The van der Waals surface area contributed by atoms with Gasteiger partial charge in [-0.15, -0.1) is 0 Å². The fourth-order valence-corrected chi connectivity index (χ4v) is 2.59. The summed E-state index contributed by atoms with van der Waals surface area (Å²) >= 11 is 0. The first kappa shape index (κ1) is 16.6. The number of rotatable bonds is 5. The summed E-state index contributed by atoms with van der Waals surface area (Å²) in [5.41, 5.74) is 9.50. The number of benzene rings is 2. The molecule has 0 unspecified atom stereocenters. The normalized spacial score (nSPS) is 10.6. The minimum Gasteiger partial charge on any atom is -0.489 e. The van der Waals surface area contributed by atoms with Gasteiger partial charge in [-0.1, -0.05) is 44.2 Å². The molecule has 0 aliphatic heterocycles. The van der Waals surface area contributed by atoms with Gasteiger partial charge in [0.2, 0.25) is 0 Å². The highest BCUT2D eigenvalue weighted by atomic mass is 16.5. The van der Waals surface area contributed by atoms with E-state index >= 15 is 0 Å². The van der Waals surface area contributed by atoms with Crippen molar-refractivity contribution < 1.29 is 4.74 Å². The van der Waals surface area contributed by atoms with E-state index in [-0.39, 0.29) is 5.92 Å². The van der Waals surface area contributed by atoms with Gasteiger partial charge in [-0.25, -0.2) is 4.68 Å². The third-order valence-electron chi connectivity index (χ3n) is 3.93. The minimum atomic E-state index is 0.154. The molecule has 0 spiro atoms. The van der Waals surface area contributed by atoms with Gasteiger partial charge in [-0.2, -0.15) is 10.4 Å². The Morgan fingerprint density at radius 1 is 1.12 bits per heavy atom. The summed E-state index contributed by atoms with van der Waals surface area (Å²) in [6.45, 7) is 4.52. The summed E-state index contributed by atoms with van der Waals surface area (Å²) in [5, 5.41) is 13.9. The zero-order valence-electron chi connectivity index (χ0n) is 14.3. The van der Waals surface area contributed by atoms with Crippen molar-refractivity contribution in [3.63, 3.8) is 0 Å². The van der Waals surface area contributed by atoms with Crippen LogP contribution in [0, 0.1) is 11.3 Å². The van der Waals surface area contributed by atoms with Gasteiger partial charge in [0.15, 0.2) is 5.69 Å². The highest BCUT2D eigenvalue weighted by Gasteiger charge is 2.18. The Morgan fingerprint density at radius 2 is 1.80 bits per heavy atom. The summed E-state index contributed by atoms with van der Waals surface area (Å²) in [6, 6.07) is 19.6. The molecule has 2 aromatic carbocycles. The average Bonchev–Trinajstić information content (AvgIpc) is 2.98. The van der Waals surface area contributed by atoms with E-state index in [1.165, 1.54) is 0 Å². The molecule has 0 saturated carbocycles. The number of hydrogen-bond donors (Lipinski definition) is 1. The highest BCUT2D eigenvalue weighted by Crippen LogP contribution is 2.27. The second kappa shape index (κ2) is 7.10. The molecule has 0 radical (unpaired) electrons. The molecule has 2 N–H and O–H groups in total.